The molecular weight excluding hydrogens is 247 g/mol. The summed E-state index contributed by atoms with van der Waals surface area (Å²) in [5, 5.41) is 2.97. The lowest BCUT2D eigenvalue weighted by Gasteiger charge is -2.20. The largest absolute Gasteiger partial charge is 0.380 e. The molecule has 0 heterocycles. The van der Waals surface area contributed by atoms with E-state index >= 15 is 0 Å². The smallest absolute Gasteiger partial charge is 0.147 e. The molecule has 0 bridgehead atoms. The minimum Gasteiger partial charge on any atom is -0.380 e. The third-order valence-corrected chi connectivity index (χ3v) is 2.34. The fourth-order valence-corrected chi connectivity index (χ4v) is 1.47. The Labute approximate surface area is 91.8 Å². The summed E-state index contributed by atoms with van der Waals surface area (Å²) < 4.78 is 14.0. The molecule has 0 spiro atoms. The van der Waals surface area contributed by atoms with E-state index in [0.717, 1.165) is 0 Å². The lowest BCUT2D eigenvalue weighted by molar-refractivity contribution is 0.545. The van der Waals surface area contributed by atoms with Gasteiger partial charge in [0.1, 0.15) is 5.82 Å². The first-order valence-electron chi connectivity index (χ1n) is 4.37. The Bertz CT molecular complexity index is 300. The van der Waals surface area contributed by atoms with Crippen molar-refractivity contribution in [2.45, 2.75) is 19.4 Å². The van der Waals surface area contributed by atoms with Gasteiger partial charge in [-0.2, -0.15) is 0 Å². The Kier molecular flexibility index (Phi) is 3.50. The lowest BCUT2D eigenvalue weighted by atomic mass is 10.1. The van der Waals surface area contributed by atoms with Gasteiger partial charge in [-0.3, -0.25) is 0 Å². The van der Waals surface area contributed by atoms with Gasteiger partial charge in [-0.1, -0.05) is 6.07 Å². The van der Waals surface area contributed by atoms with Crippen LogP contribution in [0.15, 0.2) is 22.7 Å². The van der Waals surface area contributed by atoms with Crippen LogP contribution in [-0.2, 0) is 0 Å². The van der Waals surface area contributed by atoms with Crippen molar-refractivity contribution in [2.24, 2.45) is 5.73 Å². The molecule has 2 nitrogen and oxygen atoms in total. The second kappa shape index (κ2) is 4.28. The summed E-state index contributed by atoms with van der Waals surface area (Å²) in [6.07, 6.45) is 0. The van der Waals surface area contributed by atoms with Crippen LogP contribution >= 0.6 is 15.9 Å². The van der Waals surface area contributed by atoms with Gasteiger partial charge in [0.15, 0.2) is 0 Å². The summed E-state index contributed by atoms with van der Waals surface area (Å²) in [4.78, 5) is 0. The minimum absolute atomic E-state index is 0.274. The zero-order chi connectivity index (χ0) is 10.8. The maximum absolute atomic E-state index is 13.3. The number of para-hydroxylation sites is 1. The Morgan fingerprint density at radius 1 is 1.50 bits per heavy atom. The van der Waals surface area contributed by atoms with E-state index < -0.39 is 0 Å². The summed E-state index contributed by atoms with van der Waals surface area (Å²) in [6.45, 7) is 4.29. The van der Waals surface area contributed by atoms with E-state index in [2.05, 4.69) is 21.2 Å². The molecule has 0 unspecified atom stereocenters. The van der Waals surface area contributed by atoms with Crippen molar-refractivity contribution < 1.29 is 4.39 Å². The Hall–Kier alpha value is -0.610. The van der Waals surface area contributed by atoms with Crippen molar-refractivity contribution in [3.63, 3.8) is 0 Å². The van der Waals surface area contributed by atoms with Gasteiger partial charge < -0.3 is 11.1 Å². The average Bonchev–Trinajstić information content (AvgIpc) is 2.01. The summed E-state index contributed by atoms with van der Waals surface area (Å²) in [7, 11) is 0. The van der Waals surface area contributed by atoms with E-state index in [0.29, 0.717) is 16.7 Å². The van der Waals surface area contributed by atoms with Crippen LogP contribution in [0.1, 0.15) is 13.8 Å². The topological polar surface area (TPSA) is 38.0 Å². The van der Waals surface area contributed by atoms with Crippen LogP contribution < -0.4 is 11.1 Å². The molecule has 0 atom stereocenters. The highest BCUT2D eigenvalue weighted by molar-refractivity contribution is 9.10. The van der Waals surface area contributed by atoms with Crippen molar-refractivity contribution in [2.75, 3.05) is 11.9 Å². The van der Waals surface area contributed by atoms with Crippen LogP contribution in [0.4, 0.5) is 10.1 Å². The number of halogens is 2. The highest BCUT2D eigenvalue weighted by Crippen LogP contribution is 2.25. The standard InChI is InChI=1S/C10H14BrFN2/c1-10(2,13)6-14-9-7(11)4-3-5-8(9)12/h3-5,14H,6,13H2,1-2H3. The van der Waals surface area contributed by atoms with E-state index in [1.165, 1.54) is 6.07 Å². The second-order valence-electron chi connectivity index (χ2n) is 3.94. The number of nitrogens with two attached hydrogens (primary N) is 1. The van der Waals surface area contributed by atoms with E-state index in [1.54, 1.807) is 12.1 Å². The monoisotopic (exact) mass is 260 g/mol. The molecule has 0 fully saturated rings. The minimum atomic E-state index is -0.359. The Morgan fingerprint density at radius 3 is 2.64 bits per heavy atom. The predicted molar refractivity (Wildman–Crippen MR) is 60.9 cm³/mol. The molecule has 0 aromatic heterocycles. The Morgan fingerprint density at radius 2 is 2.14 bits per heavy atom. The number of benzene rings is 1. The van der Waals surface area contributed by atoms with E-state index in [-0.39, 0.29) is 11.4 Å². The van der Waals surface area contributed by atoms with Gasteiger partial charge >= 0.3 is 0 Å². The van der Waals surface area contributed by atoms with Gasteiger partial charge in [-0.25, -0.2) is 4.39 Å². The first kappa shape index (κ1) is 11.5. The van der Waals surface area contributed by atoms with Crippen molar-refractivity contribution in [1.82, 2.24) is 0 Å². The van der Waals surface area contributed by atoms with Crippen LogP contribution in [-0.4, -0.2) is 12.1 Å². The fourth-order valence-electron chi connectivity index (χ4n) is 0.983. The average molecular weight is 261 g/mol. The molecule has 1 aromatic carbocycles. The molecule has 0 aliphatic carbocycles. The van der Waals surface area contributed by atoms with Crippen LogP contribution in [0.2, 0.25) is 0 Å². The zero-order valence-corrected chi connectivity index (χ0v) is 9.86. The SMILES string of the molecule is CC(C)(N)CNc1c(F)cccc1Br. The number of anilines is 1. The molecule has 3 N–H and O–H groups in total. The summed E-state index contributed by atoms with van der Waals surface area (Å²) >= 11 is 3.27. The zero-order valence-electron chi connectivity index (χ0n) is 8.27. The predicted octanol–water partition coefficient (Wildman–Crippen LogP) is 2.74. The van der Waals surface area contributed by atoms with E-state index in [1.807, 2.05) is 13.8 Å². The van der Waals surface area contributed by atoms with Crippen LogP contribution in [0.3, 0.4) is 0 Å². The molecular formula is C10H14BrFN2. The summed E-state index contributed by atoms with van der Waals surface area (Å²) in [6, 6.07) is 4.85. The number of rotatable bonds is 3. The van der Waals surface area contributed by atoms with Crippen LogP contribution in [0.5, 0.6) is 0 Å². The molecule has 1 aromatic rings. The molecule has 14 heavy (non-hydrogen) atoms. The van der Waals surface area contributed by atoms with Crippen LogP contribution in [0.25, 0.3) is 0 Å². The van der Waals surface area contributed by atoms with Crippen LogP contribution in [0, 0.1) is 5.82 Å². The van der Waals surface area contributed by atoms with E-state index in [9.17, 15) is 4.39 Å². The number of nitrogens with one attached hydrogen (secondary N) is 1. The molecule has 0 aliphatic rings. The molecule has 78 valence electrons. The normalized spacial score (nSPS) is 11.5. The molecule has 0 radical (unpaired) electrons. The van der Waals surface area contributed by atoms with Gasteiger partial charge in [-0.15, -0.1) is 0 Å². The summed E-state index contributed by atoms with van der Waals surface area (Å²) in [5.74, 6) is -0.274. The third kappa shape index (κ3) is 3.27. The molecule has 4 heteroatoms. The van der Waals surface area contributed by atoms with Gasteiger partial charge in [0, 0.05) is 16.6 Å². The van der Waals surface area contributed by atoms with Gasteiger partial charge in [0.25, 0.3) is 0 Å². The van der Waals surface area contributed by atoms with Gasteiger partial charge in [0.2, 0.25) is 0 Å². The number of hydrogen-bond acceptors (Lipinski definition) is 2. The van der Waals surface area contributed by atoms with Gasteiger partial charge in [-0.05, 0) is 41.9 Å². The van der Waals surface area contributed by atoms with Gasteiger partial charge in [0.05, 0.1) is 5.69 Å². The molecule has 0 saturated carbocycles. The highest BCUT2D eigenvalue weighted by atomic mass is 79.9. The first-order chi connectivity index (χ1) is 6.40. The molecule has 0 aliphatic heterocycles. The van der Waals surface area contributed by atoms with Crippen molar-refractivity contribution in [3.8, 4) is 0 Å². The summed E-state index contributed by atoms with van der Waals surface area (Å²) in [5.41, 5.74) is 5.89. The van der Waals surface area contributed by atoms with Crippen molar-refractivity contribution in [1.29, 1.82) is 0 Å². The molecule has 1 rings (SSSR count). The van der Waals surface area contributed by atoms with Crippen molar-refractivity contribution >= 4 is 21.6 Å². The third-order valence-electron chi connectivity index (χ3n) is 1.68. The van der Waals surface area contributed by atoms with Crippen molar-refractivity contribution in [3.05, 3.63) is 28.5 Å². The second-order valence-corrected chi connectivity index (χ2v) is 4.79. The maximum atomic E-state index is 13.3. The highest BCUT2D eigenvalue weighted by Gasteiger charge is 2.12. The fraction of sp³-hybridized carbons (Fsp3) is 0.400. The maximum Gasteiger partial charge on any atom is 0.147 e. The van der Waals surface area contributed by atoms with E-state index in [4.69, 9.17) is 5.73 Å². The molecule has 0 saturated heterocycles. The Balaban J connectivity index is 2.77. The lowest BCUT2D eigenvalue weighted by Crippen LogP contribution is -2.39. The quantitative estimate of drug-likeness (QED) is 0.877. The number of hydrogen-bond donors (Lipinski definition) is 2. The molecule has 0 amide bonds. The first-order valence-corrected chi connectivity index (χ1v) is 5.16.